The molecule has 1 aliphatic carbocycles. The summed E-state index contributed by atoms with van der Waals surface area (Å²) in [6.07, 6.45) is 2.45. The van der Waals surface area contributed by atoms with Gasteiger partial charge in [-0.2, -0.15) is 0 Å². The first kappa shape index (κ1) is 28.0. The van der Waals surface area contributed by atoms with Crippen molar-refractivity contribution in [2.24, 2.45) is 0 Å². The average molecular weight is 561 g/mol. The molecule has 41 heavy (non-hydrogen) atoms. The molecule has 210 valence electrons. The lowest BCUT2D eigenvalue weighted by Crippen LogP contribution is -2.58. The van der Waals surface area contributed by atoms with Crippen molar-refractivity contribution in [2.45, 2.75) is 36.8 Å². The highest BCUT2D eigenvalue weighted by Crippen LogP contribution is 2.39. The van der Waals surface area contributed by atoms with Gasteiger partial charge in [0.25, 0.3) is 5.92 Å². The molecule has 2 amide bonds. The van der Waals surface area contributed by atoms with Gasteiger partial charge in [0, 0.05) is 36.9 Å². The molecule has 0 saturated heterocycles. The Hall–Kier alpha value is -4.59. The minimum absolute atomic E-state index is 0.0818. The Morgan fingerprint density at radius 2 is 1.56 bits per heavy atom. The number of carbonyl (C=O) groups is 1. The van der Waals surface area contributed by atoms with Gasteiger partial charge in [-0.05, 0) is 46.5 Å². The number of rotatable bonds is 8. The van der Waals surface area contributed by atoms with Crippen LogP contribution < -0.4 is 10.6 Å². The molecule has 5 rings (SSSR count). The minimum atomic E-state index is -2.84. The van der Waals surface area contributed by atoms with Crippen molar-refractivity contribution in [3.8, 4) is 5.75 Å². The lowest BCUT2D eigenvalue weighted by molar-refractivity contribution is -0.0897. The predicted octanol–water partition coefficient (Wildman–Crippen LogP) is 7.42. The molecule has 1 saturated carbocycles. The molecule has 1 fully saturated rings. The van der Waals surface area contributed by atoms with Crippen LogP contribution >= 0.6 is 0 Å². The Balaban J connectivity index is 1.63. The first-order valence-corrected chi connectivity index (χ1v) is 13.2. The Kier molecular flexibility index (Phi) is 7.83. The predicted molar refractivity (Wildman–Crippen MR) is 150 cm³/mol. The number of benzene rings is 4. The maximum atomic E-state index is 15.1. The van der Waals surface area contributed by atoms with Crippen molar-refractivity contribution in [1.82, 2.24) is 10.6 Å². The molecule has 0 radical (unpaired) electrons. The fraction of sp³-hybridized carbons (Fsp3) is 0.182. The number of alkyl halides is 2. The fourth-order valence-electron chi connectivity index (χ4n) is 5.15. The molecule has 0 spiro atoms. The quantitative estimate of drug-likeness (QED) is 0.155. The Labute approximate surface area is 235 Å². The summed E-state index contributed by atoms with van der Waals surface area (Å²) in [7, 11) is 0. The van der Waals surface area contributed by atoms with Gasteiger partial charge in [0.15, 0.2) is 0 Å². The van der Waals surface area contributed by atoms with E-state index < -0.39 is 48.0 Å². The molecule has 4 aromatic rings. The molecular weight excluding hydrogens is 532 g/mol. The zero-order valence-electron chi connectivity index (χ0n) is 22.0. The number of phenols is 1. The van der Waals surface area contributed by atoms with Crippen LogP contribution in [0.2, 0.25) is 0 Å². The summed E-state index contributed by atoms with van der Waals surface area (Å²) in [6.45, 7) is 0. The molecule has 0 heterocycles. The third kappa shape index (κ3) is 6.60. The van der Waals surface area contributed by atoms with E-state index in [4.69, 9.17) is 0 Å². The van der Waals surface area contributed by atoms with E-state index in [9.17, 15) is 23.1 Å². The van der Waals surface area contributed by atoms with Crippen LogP contribution in [-0.2, 0) is 12.0 Å². The second kappa shape index (κ2) is 11.5. The van der Waals surface area contributed by atoms with Crippen LogP contribution in [0.15, 0.2) is 97.1 Å². The first-order chi connectivity index (χ1) is 19.6. The van der Waals surface area contributed by atoms with Gasteiger partial charge in [-0.3, -0.25) is 0 Å². The SMILES string of the molecule is O=C(NC1CC(F)(F)C1)N[C@@](Cc1ccccc1)(c1cc(O)cc(F)c1)c1ccc(F)c(/C=C/c2ccccc2)c1. The highest BCUT2D eigenvalue weighted by atomic mass is 19.3. The van der Waals surface area contributed by atoms with Gasteiger partial charge in [0.2, 0.25) is 0 Å². The van der Waals surface area contributed by atoms with Crippen molar-refractivity contribution in [3.05, 3.63) is 137 Å². The van der Waals surface area contributed by atoms with Crippen molar-refractivity contribution in [3.63, 3.8) is 0 Å². The summed E-state index contributed by atoms with van der Waals surface area (Å²) in [5, 5.41) is 15.8. The molecule has 4 aromatic carbocycles. The van der Waals surface area contributed by atoms with E-state index in [1.807, 2.05) is 48.5 Å². The van der Waals surface area contributed by atoms with Crippen molar-refractivity contribution < 1.29 is 27.5 Å². The lowest BCUT2D eigenvalue weighted by atomic mass is 9.77. The smallest absolute Gasteiger partial charge is 0.315 e. The number of hydrogen-bond acceptors (Lipinski definition) is 2. The average Bonchev–Trinajstić information content (AvgIpc) is 2.92. The van der Waals surface area contributed by atoms with Crippen LogP contribution in [0.4, 0.5) is 22.4 Å². The van der Waals surface area contributed by atoms with Crippen molar-refractivity contribution in [2.75, 3.05) is 0 Å². The van der Waals surface area contributed by atoms with E-state index in [0.717, 1.165) is 17.2 Å². The largest absolute Gasteiger partial charge is 0.508 e. The van der Waals surface area contributed by atoms with E-state index >= 15 is 4.39 Å². The van der Waals surface area contributed by atoms with Crippen LogP contribution in [-0.4, -0.2) is 23.1 Å². The molecular formula is C33H28F4N2O2. The summed E-state index contributed by atoms with van der Waals surface area (Å²) in [5.41, 5.74) is 0.868. The zero-order valence-corrected chi connectivity index (χ0v) is 22.0. The number of carbonyl (C=O) groups excluding carboxylic acids is 1. The van der Waals surface area contributed by atoms with Crippen LogP contribution in [0.5, 0.6) is 5.75 Å². The highest BCUT2D eigenvalue weighted by molar-refractivity contribution is 5.77. The standard InChI is InChI=1S/C33H28F4N2O2/c34-27-16-26(17-29(40)18-27)33(19-23-9-5-2-6-10-23,39-31(41)38-28-20-32(36,37)21-28)25-13-14-30(35)24(15-25)12-11-22-7-3-1-4-8-22/h1-18,28,40H,19-21H2,(H2,38,39,41)/b12-11+/t33-/m1/s1. The first-order valence-electron chi connectivity index (χ1n) is 13.2. The molecule has 8 heteroatoms. The Bertz CT molecular complexity index is 1530. The summed E-state index contributed by atoms with van der Waals surface area (Å²) in [6, 6.07) is 24.6. The normalized spacial score (nSPS) is 16.1. The van der Waals surface area contributed by atoms with Gasteiger partial charge in [0.05, 0.1) is 5.54 Å². The number of aromatic hydroxyl groups is 1. The van der Waals surface area contributed by atoms with Crippen LogP contribution in [0.3, 0.4) is 0 Å². The zero-order chi connectivity index (χ0) is 29.0. The summed E-state index contributed by atoms with van der Waals surface area (Å²) in [4.78, 5) is 13.3. The number of hydrogen-bond donors (Lipinski definition) is 3. The maximum Gasteiger partial charge on any atom is 0.315 e. The summed E-state index contributed by atoms with van der Waals surface area (Å²) >= 11 is 0. The van der Waals surface area contributed by atoms with Crippen molar-refractivity contribution in [1.29, 1.82) is 0 Å². The minimum Gasteiger partial charge on any atom is -0.508 e. The number of urea groups is 1. The topological polar surface area (TPSA) is 61.4 Å². The Morgan fingerprint density at radius 3 is 2.22 bits per heavy atom. The van der Waals surface area contributed by atoms with Gasteiger partial charge in [0.1, 0.15) is 17.4 Å². The molecule has 0 unspecified atom stereocenters. The molecule has 0 aromatic heterocycles. The van der Waals surface area contributed by atoms with Gasteiger partial charge >= 0.3 is 6.03 Å². The summed E-state index contributed by atoms with van der Waals surface area (Å²) in [5.74, 6) is -4.48. The number of phenolic OH excluding ortho intramolecular Hbond substituents is 1. The molecule has 0 aliphatic heterocycles. The molecule has 1 atom stereocenters. The van der Waals surface area contributed by atoms with Gasteiger partial charge in [-0.15, -0.1) is 0 Å². The van der Waals surface area contributed by atoms with E-state index in [1.54, 1.807) is 30.4 Å². The lowest BCUT2D eigenvalue weighted by Gasteiger charge is -2.39. The van der Waals surface area contributed by atoms with Crippen LogP contribution in [0.25, 0.3) is 12.2 Å². The Morgan fingerprint density at radius 1 is 0.878 bits per heavy atom. The number of nitrogens with one attached hydrogen (secondary N) is 2. The molecule has 1 aliphatic rings. The summed E-state index contributed by atoms with van der Waals surface area (Å²) < 4.78 is 56.7. The highest BCUT2D eigenvalue weighted by Gasteiger charge is 2.47. The molecule has 0 bridgehead atoms. The van der Waals surface area contributed by atoms with E-state index in [0.29, 0.717) is 5.56 Å². The van der Waals surface area contributed by atoms with E-state index in [-0.39, 0.29) is 23.3 Å². The van der Waals surface area contributed by atoms with Crippen LogP contribution in [0.1, 0.15) is 40.7 Å². The maximum absolute atomic E-state index is 15.1. The third-order valence-corrected chi connectivity index (χ3v) is 7.18. The van der Waals surface area contributed by atoms with Gasteiger partial charge in [-0.25, -0.2) is 22.4 Å². The second-order valence-electron chi connectivity index (χ2n) is 10.3. The van der Waals surface area contributed by atoms with E-state index in [2.05, 4.69) is 10.6 Å². The second-order valence-corrected chi connectivity index (χ2v) is 10.3. The van der Waals surface area contributed by atoms with E-state index in [1.165, 1.54) is 24.3 Å². The molecule has 4 nitrogen and oxygen atoms in total. The molecule has 3 N–H and O–H groups in total. The third-order valence-electron chi connectivity index (χ3n) is 7.18. The fourth-order valence-corrected chi connectivity index (χ4v) is 5.15. The number of amides is 2. The monoisotopic (exact) mass is 560 g/mol. The number of halogens is 4. The van der Waals surface area contributed by atoms with Crippen molar-refractivity contribution >= 4 is 18.2 Å². The van der Waals surface area contributed by atoms with Gasteiger partial charge < -0.3 is 15.7 Å². The van der Waals surface area contributed by atoms with Gasteiger partial charge in [-0.1, -0.05) is 78.9 Å². The van der Waals surface area contributed by atoms with Crippen LogP contribution in [0, 0.1) is 11.6 Å².